The van der Waals surface area contributed by atoms with E-state index in [1.807, 2.05) is 41.2 Å². The molecule has 6 nitrogen and oxygen atoms in total. The third-order valence-electron chi connectivity index (χ3n) is 5.64. The van der Waals surface area contributed by atoms with Crippen LogP contribution in [0.25, 0.3) is 38.4 Å². The predicted octanol–water partition coefficient (Wildman–Crippen LogP) is 6.49. The maximum atomic E-state index is 6.28. The molecule has 33 heavy (non-hydrogen) atoms. The van der Waals surface area contributed by atoms with Gasteiger partial charge in [0.2, 0.25) is 0 Å². The molecule has 3 aromatic carbocycles. The number of aromatic nitrogens is 5. The first-order valence-electron chi connectivity index (χ1n) is 10.3. The Morgan fingerprint density at radius 3 is 2.61 bits per heavy atom. The number of nitrogens with zero attached hydrogens (tertiary/aromatic N) is 6. The summed E-state index contributed by atoms with van der Waals surface area (Å²) in [6.07, 6.45) is 3.48. The van der Waals surface area contributed by atoms with Crippen molar-refractivity contribution in [1.82, 2.24) is 24.6 Å². The lowest BCUT2D eigenvalue weighted by Gasteiger charge is -2.21. The van der Waals surface area contributed by atoms with Gasteiger partial charge < -0.3 is 4.90 Å². The van der Waals surface area contributed by atoms with E-state index in [0.29, 0.717) is 10.8 Å². The van der Waals surface area contributed by atoms with Crippen LogP contribution in [0.3, 0.4) is 0 Å². The number of thiazole rings is 1. The first kappa shape index (κ1) is 19.8. The molecule has 0 amide bonds. The van der Waals surface area contributed by atoms with Crippen LogP contribution in [0.1, 0.15) is 0 Å². The molecular weight excluding hydrogens is 452 g/mol. The van der Waals surface area contributed by atoms with Gasteiger partial charge in [0.1, 0.15) is 17.2 Å². The molecule has 0 fully saturated rings. The minimum absolute atomic E-state index is 0.528. The highest BCUT2D eigenvalue weighted by Crippen LogP contribution is 2.34. The standard InChI is InChI=1S/C25H17ClN6S/c1-31(23-21-10-9-19(26)14-22(21)32-15-28-30-25(32)29-23)20-4-2-3-18(13-20)16-5-7-17(8-6-16)24-27-11-12-33-24/h2-15H,1H3. The van der Waals surface area contributed by atoms with E-state index in [1.54, 1.807) is 17.7 Å². The van der Waals surface area contributed by atoms with E-state index in [1.165, 1.54) is 0 Å². The molecule has 0 atom stereocenters. The summed E-state index contributed by atoms with van der Waals surface area (Å²) in [5.41, 5.74) is 5.32. The first-order valence-corrected chi connectivity index (χ1v) is 11.6. The van der Waals surface area contributed by atoms with Crippen molar-refractivity contribution in [3.63, 3.8) is 0 Å². The fraction of sp³-hybridized carbons (Fsp3) is 0.0400. The Kier molecular flexibility index (Phi) is 4.78. The zero-order valence-corrected chi connectivity index (χ0v) is 19.1. The van der Waals surface area contributed by atoms with Crippen LogP contribution in [0.4, 0.5) is 11.5 Å². The van der Waals surface area contributed by atoms with Gasteiger partial charge in [0.05, 0.1) is 5.52 Å². The third kappa shape index (κ3) is 3.51. The second-order valence-corrected chi connectivity index (χ2v) is 8.95. The molecule has 0 saturated heterocycles. The molecule has 0 aliphatic rings. The van der Waals surface area contributed by atoms with Gasteiger partial charge in [0, 0.05) is 40.3 Å². The second kappa shape index (κ2) is 7.95. The van der Waals surface area contributed by atoms with Crippen LogP contribution in [0, 0.1) is 0 Å². The van der Waals surface area contributed by atoms with E-state index in [9.17, 15) is 0 Å². The highest BCUT2D eigenvalue weighted by atomic mass is 35.5. The summed E-state index contributed by atoms with van der Waals surface area (Å²) in [4.78, 5) is 11.2. The number of benzene rings is 3. The minimum Gasteiger partial charge on any atom is -0.329 e. The molecule has 0 radical (unpaired) electrons. The number of hydrogen-bond acceptors (Lipinski definition) is 6. The van der Waals surface area contributed by atoms with E-state index in [2.05, 4.69) is 68.6 Å². The Morgan fingerprint density at radius 1 is 0.939 bits per heavy atom. The number of hydrogen-bond donors (Lipinski definition) is 0. The van der Waals surface area contributed by atoms with Crippen LogP contribution in [0.5, 0.6) is 0 Å². The topological polar surface area (TPSA) is 59.2 Å². The molecule has 0 aliphatic carbocycles. The largest absolute Gasteiger partial charge is 0.329 e. The van der Waals surface area contributed by atoms with Crippen molar-refractivity contribution in [2.75, 3.05) is 11.9 Å². The van der Waals surface area contributed by atoms with Crippen molar-refractivity contribution >= 4 is 51.1 Å². The molecule has 0 bridgehead atoms. The average molecular weight is 469 g/mol. The third-order valence-corrected chi connectivity index (χ3v) is 6.70. The number of fused-ring (bicyclic) bond motifs is 3. The van der Waals surface area contributed by atoms with E-state index in [-0.39, 0.29) is 0 Å². The molecule has 160 valence electrons. The normalized spacial score (nSPS) is 11.3. The van der Waals surface area contributed by atoms with Gasteiger partial charge in [-0.2, -0.15) is 4.98 Å². The summed E-state index contributed by atoms with van der Waals surface area (Å²) >= 11 is 7.92. The fourth-order valence-corrected chi connectivity index (χ4v) is 4.78. The number of rotatable bonds is 4. The smallest absolute Gasteiger partial charge is 0.257 e. The summed E-state index contributed by atoms with van der Waals surface area (Å²) in [5, 5.41) is 12.8. The molecule has 8 heteroatoms. The van der Waals surface area contributed by atoms with Gasteiger partial charge >= 0.3 is 0 Å². The number of anilines is 2. The molecule has 0 N–H and O–H groups in total. The summed E-state index contributed by atoms with van der Waals surface area (Å²) < 4.78 is 1.85. The van der Waals surface area contributed by atoms with Gasteiger partial charge in [-0.3, -0.25) is 4.40 Å². The van der Waals surface area contributed by atoms with Crippen molar-refractivity contribution in [3.05, 3.63) is 89.7 Å². The van der Waals surface area contributed by atoms with Gasteiger partial charge in [-0.15, -0.1) is 21.5 Å². The van der Waals surface area contributed by atoms with Gasteiger partial charge in [0.25, 0.3) is 5.78 Å². The quantitative estimate of drug-likeness (QED) is 0.296. The Bertz CT molecular complexity index is 1590. The van der Waals surface area contributed by atoms with Gasteiger partial charge in [-0.1, -0.05) is 48.0 Å². The minimum atomic E-state index is 0.528. The summed E-state index contributed by atoms with van der Waals surface area (Å²) in [6, 6.07) is 22.7. The van der Waals surface area contributed by atoms with Crippen molar-refractivity contribution in [3.8, 4) is 21.7 Å². The molecule has 0 unspecified atom stereocenters. The van der Waals surface area contributed by atoms with Crippen LogP contribution < -0.4 is 4.90 Å². The summed E-state index contributed by atoms with van der Waals surface area (Å²) in [5.74, 6) is 1.32. The van der Waals surface area contributed by atoms with Crippen molar-refractivity contribution in [2.24, 2.45) is 0 Å². The molecule has 0 aliphatic heterocycles. The van der Waals surface area contributed by atoms with Gasteiger partial charge in [-0.05, 0) is 41.5 Å². The summed E-state index contributed by atoms with van der Waals surface area (Å²) in [6.45, 7) is 0. The summed E-state index contributed by atoms with van der Waals surface area (Å²) in [7, 11) is 2.01. The molecule has 6 rings (SSSR count). The Balaban J connectivity index is 1.41. The van der Waals surface area contributed by atoms with Gasteiger partial charge in [0.15, 0.2) is 0 Å². The number of halogens is 1. The van der Waals surface area contributed by atoms with Crippen molar-refractivity contribution in [1.29, 1.82) is 0 Å². The second-order valence-electron chi connectivity index (χ2n) is 7.62. The molecule has 0 spiro atoms. The van der Waals surface area contributed by atoms with Crippen LogP contribution in [0.15, 0.2) is 84.6 Å². The average Bonchev–Trinajstić information content (AvgIpc) is 3.56. The predicted molar refractivity (Wildman–Crippen MR) is 134 cm³/mol. The van der Waals surface area contributed by atoms with Crippen molar-refractivity contribution in [2.45, 2.75) is 0 Å². The van der Waals surface area contributed by atoms with E-state index >= 15 is 0 Å². The molecule has 6 aromatic rings. The van der Waals surface area contributed by atoms with Crippen LogP contribution in [-0.2, 0) is 0 Å². The van der Waals surface area contributed by atoms with Crippen LogP contribution >= 0.6 is 22.9 Å². The fourth-order valence-electron chi connectivity index (χ4n) is 3.97. The van der Waals surface area contributed by atoms with E-state index < -0.39 is 0 Å². The maximum Gasteiger partial charge on any atom is 0.257 e. The van der Waals surface area contributed by atoms with Crippen LogP contribution in [0.2, 0.25) is 5.02 Å². The Morgan fingerprint density at radius 2 is 1.79 bits per heavy atom. The highest BCUT2D eigenvalue weighted by Gasteiger charge is 2.15. The van der Waals surface area contributed by atoms with Crippen molar-refractivity contribution < 1.29 is 0 Å². The Hall–Kier alpha value is -3.81. The van der Waals surface area contributed by atoms with Gasteiger partial charge in [-0.25, -0.2) is 4.98 Å². The zero-order valence-electron chi connectivity index (χ0n) is 17.6. The van der Waals surface area contributed by atoms with E-state index in [4.69, 9.17) is 16.6 Å². The SMILES string of the molecule is CN(c1cccc(-c2ccc(-c3nccs3)cc2)c1)c1nc2nncn2c2cc(Cl)ccc12. The lowest BCUT2D eigenvalue weighted by molar-refractivity contribution is 1.08. The molecular formula is C25H17ClN6S. The zero-order chi connectivity index (χ0) is 22.4. The molecule has 3 aromatic heterocycles. The molecule has 0 saturated carbocycles. The maximum absolute atomic E-state index is 6.28. The first-order chi connectivity index (χ1) is 16.2. The highest BCUT2D eigenvalue weighted by molar-refractivity contribution is 7.13. The molecule has 3 heterocycles. The lowest BCUT2D eigenvalue weighted by atomic mass is 10.0. The van der Waals surface area contributed by atoms with E-state index in [0.717, 1.165) is 44.1 Å². The Labute approximate surface area is 198 Å². The lowest BCUT2D eigenvalue weighted by Crippen LogP contribution is -2.13. The monoisotopic (exact) mass is 468 g/mol. The van der Waals surface area contributed by atoms with Crippen LogP contribution in [-0.4, -0.2) is 31.6 Å².